The molecule has 1 aromatic heterocycles. The average Bonchev–Trinajstić information content (AvgIpc) is 2.93. The third kappa shape index (κ3) is 3.90. The average molecular weight is 365 g/mol. The first kappa shape index (κ1) is 18.8. The molecule has 1 fully saturated rings. The predicted molar refractivity (Wildman–Crippen MR) is 103 cm³/mol. The zero-order chi connectivity index (χ0) is 19.4. The van der Waals surface area contributed by atoms with E-state index in [1.165, 1.54) is 0 Å². The Bertz CT molecular complexity index is 847. The van der Waals surface area contributed by atoms with E-state index >= 15 is 0 Å². The zero-order valence-electron chi connectivity index (χ0n) is 15.5. The van der Waals surface area contributed by atoms with Crippen molar-refractivity contribution in [1.82, 2.24) is 14.8 Å². The lowest BCUT2D eigenvalue weighted by atomic mass is 9.96. The number of hydrogen-bond acceptors (Lipinski definition) is 5. The zero-order valence-corrected chi connectivity index (χ0v) is 15.5. The molecule has 1 saturated heterocycles. The maximum atomic E-state index is 12.8. The van der Waals surface area contributed by atoms with Crippen LogP contribution in [0.4, 0.5) is 0 Å². The molecule has 1 aromatic carbocycles. The lowest BCUT2D eigenvalue weighted by Crippen LogP contribution is -2.32. The first-order valence-corrected chi connectivity index (χ1v) is 8.89. The summed E-state index contributed by atoms with van der Waals surface area (Å²) in [4.78, 5) is 33.1. The van der Waals surface area contributed by atoms with Crippen molar-refractivity contribution in [2.24, 2.45) is 0 Å². The van der Waals surface area contributed by atoms with Crippen molar-refractivity contribution in [3.63, 3.8) is 0 Å². The largest absolute Gasteiger partial charge is 0.507 e. The topological polar surface area (TPSA) is 73.7 Å². The number of carbonyl (C=O) groups is 2. The quantitative estimate of drug-likeness (QED) is 0.484. The number of benzene rings is 1. The fraction of sp³-hybridized carbons (Fsp3) is 0.286. The van der Waals surface area contributed by atoms with Gasteiger partial charge in [0.05, 0.1) is 11.6 Å². The highest BCUT2D eigenvalue weighted by Gasteiger charge is 2.45. The Hall–Kier alpha value is -2.99. The first-order valence-electron chi connectivity index (χ1n) is 8.89. The van der Waals surface area contributed by atoms with Gasteiger partial charge in [-0.25, -0.2) is 0 Å². The van der Waals surface area contributed by atoms with E-state index in [-0.39, 0.29) is 11.3 Å². The number of hydrogen-bond donors (Lipinski definition) is 1. The highest BCUT2D eigenvalue weighted by atomic mass is 16.3. The van der Waals surface area contributed by atoms with E-state index in [0.717, 1.165) is 18.5 Å². The number of amides is 1. The molecule has 1 aliphatic rings. The van der Waals surface area contributed by atoms with Crippen LogP contribution in [0.25, 0.3) is 5.76 Å². The fourth-order valence-electron chi connectivity index (χ4n) is 3.31. The highest BCUT2D eigenvalue weighted by molar-refractivity contribution is 6.46. The Balaban J connectivity index is 2.05. The molecule has 0 unspecified atom stereocenters. The van der Waals surface area contributed by atoms with E-state index < -0.39 is 17.7 Å². The number of aliphatic hydroxyl groups excluding tert-OH is 1. The van der Waals surface area contributed by atoms with Crippen molar-refractivity contribution in [2.75, 3.05) is 27.2 Å². The van der Waals surface area contributed by atoms with Gasteiger partial charge in [0.1, 0.15) is 5.76 Å². The molecule has 0 aliphatic carbocycles. The monoisotopic (exact) mass is 365 g/mol. The number of nitrogens with zero attached hydrogens (tertiary/aromatic N) is 3. The van der Waals surface area contributed by atoms with Crippen LogP contribution < -0.4 is 0 Å². The molecule has 2 heterocycles. The summed E-state index contributed by atoms with van der Waals surface area (Å²) in [5, 5.41) is 10.8. The molecule has 1 atom stereocenters. The molecule has 140 valence electrons. The summed E-state index contributed by atoms with van der Waals surface area (Å²) >= 11 is 0. The summed E-state index contributed by atoms with van der Waals surface area (Å²) in [5.41, 5.74) is 1.40. The van der Waals surface area contributed by atoms with Crippen molar-refractivity contribution in [3.8, 4) is 0 Å². The summed E-state index contributed by atoms with van der Waals surface area (Å²) in [6, 6.07) is 11.8. The number of rotatable bonds is 6. The molecular formula is C21H23N3O3. The van der Waals surface area contributed by atoms with Crippen LogP contribution in [0, 0.1) is 0 Å². The van der Waals surface area contributed by atoms with Crippen LogP contribution in [0.1, 0.15) is 23.6 Å². The minimum atomic E-state index is -0.650. The van der Waals surface area contributed by atoms with E-state index in [1.54, 1.807) is 53.7 Å². The molecule has 6 nitrogen and oxygen atoms in total. The standard InChI is InChI=1S/C21H23N3O3/c1-23(2)13-6-14-24-18(15-9-11-22-12-10-15)17(20(26)21(24)27)19(25)16-7-4-3-5-8-16/h3-5,7-12,18,25H,6,13-14H2,1-2H3/b19-17+/t18-/m1/s1. The Morgan fingerprint density at radius 2 is 1.78 bits per heavy atom. The van der Waals surface area contributed by atoms with E-state index in [1.807, 2.05) is 25.1 Å². The Morgan fingerprint density at radius 1 is 1.11 bits per heavy atom. The number of aliphatic hydroxyl groups is 1. The number of ketones is 1. The van der Waals surface area contributed by atoms with E-state index in [2.05, 4.69) is 4.98 Å². The molecular weight excluding hydrogens is 342 g/mol. The van der Waals surface area contributed by atoms with Crippen LogP contribution in [0.2, 0.25) is 0 Å². The van der Waals surface area contributed by atoms with Crippen molar-refractivity contribution >= 4 is 17.4 Å². The third-order valence-electron chi connectivity index (χ3n) is 4.61. The van der Waals surface area contributed by atoms with Crippen LogP contribution in [0.3, 0.4) is 0 Å². The lowest BCUT2D eigenvalue weighted by molar-refractivity contribution is -0.139. The van der Waals surface area contributed by atoms with Gasteiger partial charge < -0.3 is 14.9 Å². The second-order valence-corrected chi connectivity index (χ2v) is 6.80. The van der Waals surface area contributed by atoms with Crippen molar-refractivity contribution in [2.45, 2.75) is 12.5 Å². The predicted octanol–water partition coefficient (Wildman–Crippen LogP) is 2.46. The lowest BCUT2D eigenvalue weighted by Gasteiger charge is -2.25. The Labute approximate surface area is 158 Å². The number of carbonyl (C=O) groups excluding carboxylic acids is 2. The van der Waals surface area contributed by atoms with Crippen LogP contribution in [-0.4, -0.2) is 58.8 Å². The smallest absolute Gasteiger partial charge is 0.295 e. The molecule has 1 aliphatic heterocycles. The minimum Gasteiger partial charge on any atom is -0.507 e. The highest BCUT2D eigenvalue weighted by Crippen LogP contribution is 2.39. The molecule has 1 N–H and O–H groups in total. The molecule has 3 rings (SSSR count). The summed E-state index contributed by atoms with van der Waals surface area (Å²) in [7, 11) is 3.92. The molecule has 1 amide bonds. The van der Waals surface area contributed by atoms with Crippen LogP contribution >= 0.6 is 0 Å². The number of pyridine rings is 1. The van der Waals surface area contributed by atoms with Gasteiger partial charge >= 0.3 is 0 Å². The second kappa shape index (κ2) is 8.14. The second-order valence-electron chi connectivity index (χ2n) is 6.80. The van der Waals surface area contributed by atoms with Crippen molar-refractivity contribution in [3.05, 3.63) is 71.6 Å². The molecule has 0 bridgehead atoms. The Morgan fingerprint density at radius 3 is 2.41 bits per heavy atom. The summed E-state index contributed by atoms with van der Waals surface area (Å²) < 4.78 is 0. The molecule has 0 saturated carbocycles. The van der Waals surface area contributed by atoms with E-state index in [4.69, 9.17) is 0 Å². The van der Waals surface area contributed by atoms with Gasteiger partial charge in [0, 0.05) is 24.5 Å². The van der Waals surface area contributed by atoms with Gasteiger partial charge in [-0.3, -0.25) is 14.6 Å². The molecule has 0 radical (unpaired) electrons. The molecule has 2 aromatic rings. The van der Waals surface area contributed by atoms with Crippen molar-refractivity contribution in [1.29, 1.82) is 0 Å². The maximum absolute atomic E-state index is 12.8. The molecule has 27 heavy (non-hydrogen) atoms. The number of Topliss-reactive ketones (excluding diaryl/α,β-unsaturated/α-hetero) is 1. The van der Waals surface area contributed by atoms with Gasteiger partial charge in [-0.2, -0.15) is 0 Å². The van der Waals surface area contributed by atoms with Gasteiger partial charge in [-0.15, -0.1) is 0 Å². The van der Waals surface area contributed by atoms with Crippen LogP contribution in [0.15, 0.2) is 60.4 Å². The normalized spacial score (nSPS) is 19.1. The minimum absolute atomic E-state index is 0.127. The summed E-state index contributed by atoms with van der Waals surface area (Å²) in [5.74, 6) is -1.37. The Kier molecular flexibility index (Phi) is 5.66. The van der Waals surface area contributed by atoms with Crippen LogP contribution in [0.5, 0.6) is 0 Å². The maximum Gasteiger partial charge on any atom is 0.295 e. The van der Waals surface area contributed by atoms with E-state index in [0.29, 0.717) is 12.1 Å². The molecule has 0 spiro atoms. The van der Waals surface area contributed by atoms with Gasteiger partial charge in [0.15, 0.2) is 0 Å². The fourth-order valence-corrected chi connectivity index (χ4v) is 3.31. The first-order chi connectivity index (χ1) is 13.0. The van der Waals surface area contributed by atoms with Gasteiger partial charge in [0.2, 0.25) is 0 Å². The number of aromatic nitrogens is 1. The third-order valence-corrected chi connectivity index (χ3v) is 4.61. The summed E-state index contributed by atoms with van der Waals surface area (Å²) in [6.45, 7) is 1.23. The SMILES string of the molecule is CN(C)CCCN1C(=O)C(=O)/C(=C(/O)c2ccccc2)[C@H]1c1ccncc1. The van der Waals surface area contributed by atoms with E-state index in [9.17, 15) is 14.7 Å². The van der Waals surface area contributed by atoms with Crippen LogP contribution in [-0.2, 0) is 9.59 Å². The summed E-state index contributed by atoms with van der Waals surface area (Å²) in [6.07, 6.45) is 3.97. The van der Waals surface area contributed by atoms with Gasteiger partial charge in [-0.1, -0.05) is 30.3 Å². The van der Waals surface area contributed by atoms with Crippen molar-refractivity contribution < 1.29 is 14.7 Å². The number of likely N-dealkylation sites (tertiary alicyclic amines) is 1. The molecule has 6 heteroatoms. The van der Waals surface area contributed by atoms with Gasteiger partial charge in [0.25, 0.3) is 11.7 Å². The van der Waals surface area contributed by atoms with Gasteiger partial charge in [-0.05, 0) is 44.8 Å².